The van der Waals surface area contributed by atoms with Crippen LogP contribution in [0.5, 0.6) is 0 Å². The first kappa shape index (κ1) is 22.8. The van der Waals surface area contributed by atoms with E-state index in [2.05, 4.69) is 26.8 Å². The fourth-order valence-electron chi connectivity index (χ4n) is 5.65. The van der Waals surface area contributed by atoms with Crippen LogP contribution < -0.4 is 5.32 Å². The van der Waals surface area contributed by atoms with E-state index in [4.69, 9.17) is 9.97 Å². The van der Waals surface area contributed by atoms with Gasteiger partial charge in [0.15, 0.2) is 0 Å². The lowest BCUT2D eigenvalue weighted by molar-refractivity contribution is -0.140. The molecule has 1 atom stereocenters. The lowest BCUT2D eigenvalue weighted by Gasteiger charge is -2.29. The lowest BCUT2D eigenvalue weighted by Crippen LogP contribution is -2.41. The highest BCUT2D eigenvalue weighted by Crippen LogP contribution is 2.38. The van der Waals surface area contributed by atoms with E-state index in [1.54, 1.807) is 4.90 Å². The Morgan fingerprint density at radius 2 is 1.94 bits per heavy atom. The number of pyridine rings is 2. The molecule has 5 heterocycles. The fourth-order valence-corrected chi connectivity index (χ4v) is 5.65. The molecule has 6 rings (SSSR count). The van der Waals surface area contributed by atoms with Crippen molar-refractivity contribution < 1.29 is 9.90 Å². The van der Waals surface area contributed by atoms with Gasteiger partial charge in [-0.2, -0.15) is 4.98 Å². The fraction of sp³-hybridized carbons (Fsp3) is 0.444. The molecule has 1 aliphatic carbocycles. The summed E-state index contributed by atoms with van der Waals surface area (Å²) >= 11 is 0. The van der Waals surface area contributed by atoms with Gasteiger partial charge in [0.2, 0.25) is 5.95 Å². The van der Waals surface area contributed by atoms with Crippen LogP contribution in [0.3, 0.4) is 0 Å². The van der Waals surface area contributed by atoms with Crippen LogP contribution in [-0.4, -0.2) is 53.1 Å². The predicted molar refractivity (Wildman–Crippen MR) is 138 cm³/mol. The third kappa shape index (κ3) is 4.07. The van der Waals surface area contributed by atoms with Gasteiger partial charge in [0.25, 0.3) is 5.91 Å². The number of aliphatic hydroxyl groups excluding tert-OH is 1. The van der Waals surface area contributed by atoms with E-state index in [1.165, 1.54) is 19.8 Å². The van der Waals surface area contributed by atoms with Gasteiger partial charge in [-0.3, -0.25) is 9.78 Å². The summed E-state index contributed by atoms with van der Waals surface area (Å²) in [7, 11) is 0. The first-order valence-electron chi connectivity index (χ1n) is 12.8. The Bertz CT molecular complexity index is 1440. The molecule has 0 saturated heterocycles. The number of hydrogen-bond donors (Lipinski definition) is 2. The van der Waals surface area contributed by atoms with Crippen LogP contribution in [0.15, 0.2) is 36.8 Å². The maximum absolute atomic E-state index is 12.2. The zero-order valence-electron chi connectivity index (χ0n) is 20.7. The van der Waals surface area contributed by atoms with E-state index >= 15 is 0 Å². The Hall–Kier alpha value is -3.59. The second-order valence-corrected chi connectivity index (χ2v) is 10.2. The van der Waals surface area contributed by atoms with E-state index in [9.17, 15) is 9.90 Å². The standard InChI is InChI=1S/C27H31N7O2/c1-16-3-6-19(7-4-16)34-23-14-28-11-9-20(23)21-13-29-27(32-25(21)34)31-24-8-5-18-15-33(26(36)17(2)35)12-10-22(18)30-24/h5,8-9,11,13-14,16-17,19,35H,3-4,6-7,10,12,15H2,1-2H3,(H,29,30,31,32)/t16-,17-,19-/m0/s1. The molecule has 0 aromatic carbocycles. The molecule has 0 unspecified atom stereocenters. The van der Waals surface area contributed by atoms with Crippen LogP contribution in [0, 0.1) is 5.92 Å². The van der Waals surface area contributed by atoms with Crippen molar-refractivity contribution in [2.45, 2.75) is 64.6 Å². The summed E-state index contributed by atoms with van der Waals surface area (Å²) in [6.07, 6.45) is 10.1. The molecule has 36 heavy (non-hydrogen) atoms. The summed E-state index contributed by atoms with van der Waals surface area (Å²) in [6.45, 7) is 4.85. The van der Waals surface area contributed by atoms with Gasteiger partial charge >= 0.3 is 0 Å². The van der Waals surface area contributed by atoms with Gasteiger partial charge in [-0.05, 0) is 56.2 Å². The Labute approximate surface area is 209 Å². The van der Waals surface area contributed by atoms with Crippen molar-refractivity contribution in [3.8, 4) is 0 Å². The zero-order valence-corrected chi connectivity index (χ0v) is 20.7. The minimum Gasteiger partial charge on any atom is -0.384 e. The summed E-state index contributed by atoms with van der Waals surface area (Å²) in [6, 6.07) is 6.33. The number of aliphatic hydroxyl groups is 1. The SMILES string of the molecule is C[C@H](O)C(=O)N1CCc2nc(Nc3ncc4c5ccncc5n([C@H]5CC[C@H](C)CC5)c4n3)ccc2C1. The second-order valence-electron chi connectivity index (χ2n) is 10.2. The molecule has 0 radical (unpaired) electrons. The molecule has 0 bridgehead atoms. The van der Waals surface area contributed by atoms with E-state index < -0.39 is 6.10 Å². The van der Waals surface area contributed by atoms with Gasteiger partial charge in [-0.15, -0.1) is 0 Å². The Balaban J connectivity index is 1.31. The molecule has 1 amide bonds. The quantitative estimate of drug-likeness (QED) is 0.447. The van der Waals surface area contributed by atoms with Crippen molar-refractivity contribution in [2.24, 2.45) is 5.92 Å². The molecule has 4 aromatic rings. The van der Waals surface area contributed by atoms with Crippen LogP contribution in [0.25, 0.3) is 21.9 Å². The Morgan fingerprint density at radius 3 is 2.75 bits per heavy atom. The largest absolute Gasteiger partial charge is 0.384 e. The number of amides is 1. The highest BCUT2D eigenvalue weighted by molar-refractivity contribution is 6.06. The molecule has 1 fully saturated rings. The van der Waals surface area contributed by atoms with E-state index in [1.807, 2.05) is 36.8 Å². The highest BCUT2D eigenvalue weighted by Gasteiger charge is 2.26. The van der Waals surface area contributed by atoms with Crippen molar-refractivity contribution in [3.05, 3.63) is 48.0 Å². The highest BCUT2D eigenvalue weighted by atomic mass is 16.3. The number of aromatic nitrogens is 5. The van der Waals surface area contributed by atoms with E-state index in [0.717, 1.165) is 52.0 Å². The average Bonchev–Trinajstić information content (AvgIpc) is 3.22. The summed E-state index contributed by atoms with van der Waals surface area (Å²) in [5.74, 6) is 1.71. The van der Waals surface area contributed by atoms with Gasteiger partial charge < -0.3 is 19.9 Å². The average molecular weight is 486 g/mol. The van der Waals surface area contributed by atoms with Crippen LogP contribution in [0.2, 0.25) is 0 Å². The smallest absolute Gasteiger partial charge is 0.251 e. The molecular formula is C27H31N7O2. The predicted octanol–water partition coefficient (Wildman–Crippen LogP) is 4.13. The number of carbonyl (C=O) groups excluding carboxylic acids is 1. The van der Waals surface area contributed by atoms with E-state index in [0.29, 0.717) is 37.3 Å². The van der Waals surface area contributed by atoms with Crippen LogP contribution in [0.4, 0.5) is 11.8 Å². The Morgan fingerprint density at radius 1 is 1.11 bits per heavy atom. The first-order valence-corrected chi connectivity index (χ1v) is 12.8. The van der Waals surface area contributed by atoms with Gasteiger partial charge in [-0.25, -0.2) is 9.97 Å². The van der Waals surface area contributed by atoms with E-state index in [-0.39, 0.29) is 5.91 Å². The second kappa shape index (κ2) is 9.13. The molecule has 4 aromatic heterocycles. The molecule has 186 valence electrons. The third-order valence-electron chi connectivity index (χ3n) is 7.65. The summed E-state index contributed by atoms with van der Waals surface area (Å²) in [4.78, 5) is 32.6. The third-order valence-corrected chi connectivity index (χ3v) is 7.65. The Kier molecular flexibility index (Phi) is 5.79. The maximum atomic E-state index is 12.2. The number of nitrogens with one attached hydrogen (secondary N) is 1. The van der Waals surface area contributed by atoms with Crippen LogP contribution in [-0.2, 0) is 17.8 Å². The van der Waals surface area contributed by atoms with Crippen LogP contribution >= 0.6 is 0 Å². The molecule has 9 nitrogen and oxygen atoms in total. The summed E-state index contributed by atoms with van der Waals surface area (Å²) in [5, 5.41) is 15.1. The van der Waals surface area contributed by atoms with Crippen molar-refractivity contribution in [2.75, 3.05) is 11.9 Å². The molecular weight excluding hydrogens is 454 g/mol. The minimum atomic E-state index is -0.990. The lowest BCUT2D eigenvalue weighted by atomic mass is 9.87. The first-order chi connectivity index (χ1) is 17.5. The number of anilines is 2. The number of nitrogens with zero attached hydrogens (tertiary/aromatic N) is 6. The number of hydrogen-bond acceptors (Lipinski definition) is 7. The summed E-state index contributed by atoms with van der Waals surface area (Å²) in [5.41, 5.74) is 3.99. The molecule has 2 N–H and O–H groups in total. The molecule has 1 aliphatic heterocycles. The number of fused-ring (bicyclic) bond motifs is 4. The number of rotatable bonds is 4. The summed E-state index contributed by atoms with van der Waals surface area (Å²) < 4.78 is 2.37. The molecule has 9 heteroatoms. The van der Waals surface area contributed by atoms with Crippen molar-refractivity contribution in [3.63, 3.8) is 0 Å². The van der Waals surface area contributed by atoms with Crippen LogP contribution in [0.1, 0.15) is 56.8 Å². The van der Waals surface area contributed by atoms with Gasteiger partial charge in [-0.1, -0.05) is 13.0 Å². The zero-order chi connectivity index (χ0) is 24.8. The van der Waals surface area contributed by atoms with Crippen molar-refractivity contribution >= 4 is 39.6 Å². The van der Waals surface area contributed by atoms with Crippen molar-refractivity contribution in [1.29, 1.82) is 0 Å². The molecule has 2 aliphatic rings. The topological polar surface area (TPSA) is 109 Å². The maximum Gasteiger partial charge on any atom is 0.251 e. The van der Waals surface area contributed by atoms with Crippen molar-refractivity contribution in [1.82, 2.24) is 29.4 Å². The monoisotopic (exact) mass is 485 g/mol. The minimum absolute atomic E-state index is 0.248. The molecule has 0 spiro atoms. The number of carbonyl (C=O) groups is 1. The van der Waals surface area contributed by atoms with Gasteiger partial charge in [0.05, 0.1) is 11.7 Å². The molecule has 1 saturated carbocycles. The van der Waals surface area contributed by atoms with Gasteiger partial charge in [0, 0.05) is 54.4 Å². The normalized spacial score (nSPS) is 20.9. The van der Waals surface area contributed by atoms with Gasteiger partial charge in [0.1, 0.15) is 17.6 Å².